The number of hydrogen-bond acceptors (Lipinski definition) is 4. The molecule has 0 fully saturated rings. The van der Waals surface area contributed by atoms with Gasteiger partial charge in [0.1, 0.15) is 9.32 Å². The minimum absolute atomic E-state index is 0. The number of phenolic OH excluding ortho intramolecular Hbond substituents is 1. The van der Waals surface area contributed by atoms with Crippen molar-refractivity contribution in [1.29, 1.82) is 0 Å². The van der Waals surface area contributed by atoms with Gasteiger partial charge in [-0.2, -0.15) is 0 Å². The van der Waals surface area contributed by atoms with Crippen LogP contribution in [0.4, 0.5) is 0 Å². The molecule has 5 nitrogen and oxygen atoms in total. The van der Waals surface area contributed by atoms with E-state index < -0.39 is 5.97 Å². The van der Waals surface area contributed by atoms with E-state index in [9.17, 15) is 19.8 Å². The predicted molar refractivity (Wildman–Crippen MR) is 168 cm³/mol. The van der Waals surface area contributed by atoms with Gasteiger partial charge in [0.2, 0.25) is 5.43 Å². The molecule has 0 unspecified atom stereocenters. The number of carboxylic acids is 1. The fourth-order valence-electron chi connectivity index (χ4n) is 3.82. The quantitative estimate of drug-likeness (QED) is 0.108. The van der Waals surface area contributed by atoms with E-state index in [1.54, 1.807) is 12.1 Å². The SMILES string of the molecule is CC(C)c1cc2c(-c3c(Cl)c(Cl)c(Cl)c(Cl)c3C(=O)O)c3cc(I)c(=O)c(I)c-3oc2c(I)c1O.[H-].[H-].[Na+].[Na+]. The van der Waals surface area contributed by atoms with Gasteiger partial charge in [0.25, 0.3) is 0 Å². The number of aromatic hydroxyl groups is 1. The maximum atomic E-state index is 12.8. The molecule has 2 N–H and O–H groups in total. The molecule has 0 amide bonds. The van der Waals surface area contributed by atoms with E-state index in [4.69, 9.17) is 50.8 Å². The Hall–Kier alpha value is 1.75. The van der Waals surface area contributed by atoms with E-state index in [-0.39, 0.29) is 125 Å². The molecule has 186 valence electrons. The Balaban J connectivity index is 0.00000361. The summed E-state index contributed by atoms with van der Waals surface area (Å²) in [6.07, 6.45) is 0. The first-order valence-electron chi connectivity index (χ1n) is 9.68. The summed E-state index contributed by atoms with van der Waals surface area (Å²) >= 11 is 31.4. The fourth-order valence-corrected chi connectivity index (χ4v) is 7.35. The zero-order chi connectivity index (χ0) is 26.1. The Labute approximate surface area is 319 Å². The monoisotopic (exact) mass is 936 g/mol. The molecule has 0 aromatic heterocycles. The van der Waals surface area contributed by atoms with Gasteiger partial charge in [-0.05, 0) is 91.4 Å². The van der Waals surface area contributed by atoms with Crippen LogP contribution in [-0.2, 0) is 0 Å². The van der Waals surface area contributed by atoms with Crippen molar-refractivity contribution in [1.82, 2.24) is 0 Å². The van der Waals surface area contributed by atoms with Gasteiger partial charge in [-0.1, -0.05) is 60.3 Å². The average molecular weight is 938 g/mol. The predicted octanol–water partition coefficient (Wildman–Crippen LogP) is 3.75. The minimum Gasteiger partial charge on any atom is -1.00 e. The molecule has 1 aliphatic carbocycles. The second-order valence-electron chi connectivity index (χ2n) is 7.83. The molecule has 2 aromatic carbocycles. The standard InChI is InChI=1S/C23H11Cl4I3O5.2Na.2H/c1-5(2)6-3-7-10(11-12(23(33)34)14(25)16(27)15(26)13(11)24)8-4-9(28)20(32)18(30)22(8)35-21(7)17(29)19(6)31;;;;/h3-5,31H,1-2H3,(H,33,34);;;;/q;2*+1;2*-1. The van der Waals surface area contributed by atoms with Crippen molar-refractivity contribution in [2.45, 2.75) is 19.8 Å². The number of carboxylic acid groups (broad SMARTS) is 1. The van der Waals surface area contributed by atoms with Gasteiger partial charge in [0.15, 0.2) is 11.3 Å². The average Bonchev–Trinajstić information content (AvgIpc) is 2.79. The third-order valence-corrected chi connectivity index (χ3v) is 10.0. The summed E-state index contributed by atoms with van der Waals surface area (Å²) < 4.78 is 7.26. The number of benzene rings is 3. The number of rotatable bonds is 3. The van der Waals surface area contributed by atoms with Gasteiger partial charge in [-0.3, -0.25) is 4.79 Å². The normalized spacial score (nSPS) is 11.1. The van der Waals surface area contributed by atoms with Gasteiger partial charge >= 0.3 is 65.1 Å². The number of hydrogen-bond donors (Lipinski definition) is 2. The van der Waals surface area contributed by atoms with Gasteiger partial charge < -0.3 is 17.5 Å². The molecule has 37 heavy (non-hydrogen) atoms. The van der Waals surface area contributed by atoms with Crippen LogP contribution >= 0.6 is 114 Å². The Morgan fingerprint density at radius 1 is 0.946 bits per heavy atom. The van der Waals surface area contributed by atoms with Crippen LogP contribution in [0, 0.1) is 10.7 Å². The van der Waals surface area contributed by atoms with Crippen LogP contribution in [0.2, 0.25) is 20.1 Å². The first kappa shape index (κ1) is 34.9. The summed E-state index contributed by atoms with van der Waals surface area (Å²) in [5, 5.41) is 20.8. The summed E-state index contributed by atoms with van der Waals surface area (Å²) in [7, 11) is 0. The number of phenols is 1. The smallest absolute Gasteiger partial charge is 1.00 e. The molecular formula is C23H13Cl4I3Na2O5. The molecule has 1 heterocycles. The van der Waals surface area contributed by atoms with E-state index >= 15 is 0 Å². The molecule has 0 atom stereocenters. The van der Waals surface area contributed by atoms with Crippen molar-refractivity contribution >= 4 is 131 Å². The third-order valence-electron chi connectivity index (χ3n) is 5.45. The first-order chi connectivity index (χ1) is 16.3. The number of fused-ring (bicyclic) bond motifs is 2. The maximum Gasteiger partial charge on any atom is 1.00 e. The maximum absolute atomic E-state index is 12.8. The number of aromatic carboxylic acids is 1. The third kappa shape index (κ3) is 5.99. The van der Waals surface area contributed by atoms with E-state index in [0.717, 1.165) is 0 Å². The van der Waals surface area contributed by atoms with E-state index in [1.165, 1.54) is 0 Å². The molecule has 14 heteroatoms. The summed E-state index contributed by atoms with van der Waals surface area (Å²) in [6.45, 7) is 3.83. The molecule has 0 spiro atoms. The molecule has 0 radical (unpaired) electrons. The number of halogens is 7. The van der Waals surface area contributed by atoms with Crippen LogP contribution in [0.1, 0.15) is 38.5 Å². The van der Waals surface area contributed by atoms with Crippen molar-refractivity contribution < 1.29 is 81.4 Å². The molecule has 0 saturated carbocycles. The van der Waals surface area contributed by atoms with Crippen molar-refractivity contribution in [2.75, 3.05) is 0 Å². The van der Waals surface area contributed by atoms with Crippen molar-refractivity contribution in [3.05, 3.63) is 64.3 Å². The molecule has 4 rings (SSSR count). The Morgan fingerprint density at radius 3 is 2.05 bits per heavy atom. The van der Waals surface area contributed by atoms with Gasteiger partial charge in [0.05, 0.1) is 32.8 Å². The van der Waals surface area contributed by atoms with Crippen LogP contribution in [0.3, 0.4) is 0 Å². The van der Waals surface area contributed by atoms with Crippen LogP contribution in [0.5, 0.6) is 5.75 Å². The molecule has 1 aliphatic heterocycles. The Bertz CT molecular complexity index is 1640. The summed E-state index contributed by atoms with van der Waals surface area (Å²) in [6, 6.07) is 3.32. The first-order valence-corrected chi connectivity index (χ1v) is 14.4. The van der Waals surface area contributed by atoms with Crippen molar-refractivity contribution in [3.63, 3.8) is 0 Å². The minimum atomic E-state index is -1.37. The zero-order valence-corrected chi connectivity index (χ0v) is 33.0. The number of carbonyl (C=O) groups is 1. The van der Waals surface area contributed by atoms with Crippen LogP contribution in [-0.4, -0.2) is 16.2 Å². The van der Waals surface area contributed by atoms with Crippen molar-refractivity contribution in [3.8, 4) is 28.2 Å². The van der Waals surface area contributed by atoms with Gasteiger partial charge in [-0.25, -0.2) is 4.79 Å². The second kappa shape index (κ2) is 13.4. The summed E-state index contributed by atoms with van der Waals surface area (Å²) in [5.41, 5.74) is 1.09. The Kier molecular flexibility index (Phi) is 12.6. The molecule has 0 bridgehead atoms. The van der Waals surface area contributed by atoms with Crippen LogP contribution < -0.4 is 64.5 Å². The second-order valence-corrected chi connectivity index (χ2v) is 12.7. The van der Waals surface area contributed by atoms with E-state index in [2.05, 4.69) is 0 Å². The van der Waals surface area contributed by atoms with Crippen molar-refractivity contribution in [2.24, 2.45) is 0 Å². The Morgan fingerprint density at radius 2 is 1.51 bits per heavy atom. The van der Waals surface area contributed by atoms with Crippen LogP contribution in [0.15, 0.2) is 21.3 Å². The summed E-state index contributed by atoms with van der Waals surface area (Å²) in [5.74, 6) is -1.20. The van der Waals surface area contributed by atoms with E-state index in [1.807, 2.05) is 81.6 Å². The molecule has 0 saturated heterocycles. The fraction of sp³-hybridized carbons (Fsp3) is 0.130. The molecular weight excluding hydrogens is 925 g/mol. The van der Waals surface area contributed by atoms with Gasteiger partial charge in [-0.15, -0.1) is 0 Å². The topological polar surface area (TPSA) is 87.7 Å². The molecule has 2 aliphatic rings. The van der Waals surface area contributed by atoms with Crippen LogP contribution in [0.25, 0.3) is 33.4 Å². The zero-order valence-electron chi connectivity index (χ0n) is 21.5. The summed E-state index contributed by atoms with van der Waals surface area (Å²) in [4.78, 5) is 25.2. The largest absolute Gasteiger partial charge is 1.00 e. The van der Waals surface area contributed by atoms with E-state index in [0.29, 0.717) is 29.2 Å². The molecule has 2 aromatic rings. The van der Waals surface area contributed by atoms with Gasteiger partial charge in [0, 0.05) is 22.1 Å².